The van der Waals surface area contributed by atoms with E-state index < -0.39 is 5.97 Å². The molecule has 39 heavy (non-hydrogen) atoms. The van der Waals surface area contributed by atoms with Crippen molar-refractivity contribution in [3.8, 4) is 0 Å². The van der Waals surface area contributed by atoms with Crippen molar-refractivity contribution >= 4 is 29.6 Å². The number of benzene rings is 2. The van der Waals surface area contributed by atoms with E-state index in [0.717, 1.165) is 5.56 Å². The molecule has 2 aromatic rings. The monoisotopic (exact) mass is 534 g/mol. The van der Waals surface area contributed by atoms with E-state index in [4.69, 9.17) is 22.3 Å². The fraction of sp³-hybridized carbons (Fsp3) is 0.370. The molecule has 0 atom stereocenters. The lowest BCUT2D eigenvalue weighted by molar-refractivity contribution is 0.0534. The number of nitrogens with one attached hydrogen (secondary N) is 2. The molecule has 7 N–H and O–H groups in total. The summed E-state index contributed by atoms with van der Waals surface area (Å²) in [6, 6.07) is 9.94. The number of carbonyl (C=O) groups excluding carboxylic acids is 2. The molecule has 0 radical (unpaired) electrons. The van der Waals surface area contributed by atoms with Gasteiger partial charge in [0.2, 0.25) is 0 Å². The number of carboxylic acids is 1. The van der Waals surface area contributed by atoms with Gasteiger partial charge in [-0.3, -0.25) is 25.3 Å². The first-order chi connectivity index (χ1) is 18.5. The van der Waals surface area contributed by atoms with Crippen LogP contribution in [0.5, 0.6) is 0 Å². The number of amidine groups is 1. The fourth-order valence-corrected chi connectivity index (χ4v) is 4.97. The van der Waals surface area contributed by atoms with Gasteiger partial charge in [-0.2, -0.15) is 0 Å². The Bertz CT molecular complexity index is 1290. The summed E-state index contributed by atoms with van der Waals surface area (Å²) in [5, 5.41) is 24.9. The number of guanidine groups is 1. The van der Waals surface area contributed by atoms with Crippen LogP contribution < -0.4 is 11.5 Å². The summed E-state index contributed by atoms with van der Waals surface area (Å²) in [6.07, 6.45) is 0. The number of rotatable bonds is 6. The first-order valence-corrected chi connectivity index (χ1v) is 12.8. The molecule has 0 spiro atoms. The molecular weight excluding hydrogens is 500 g/mol. The smallest absolute Gasteiger partial charge is 0.335 e. The number of carbonyl (C=O) groups is 3. The van der Waals surface area contributed by atoms with Crippen LogP contribution in [0, 0.1) is 17.7 Å². The molecule has 2 heterocycles. The Hall–Kier alpha value is -4.45. The first-order valence-electron chi connectivity index (χ1n) is 12.8. The maximum atomic E-state index is 13.5. The van der Waals surface area contributed by atoms with Crippen LogP contribution >= 0.6 is 0 Å². The third-order valence-electron chi connectivity index (χ3n) is 7.34. The summed E-state index contributed by atoms with van der Waals surface area (Å²) in [5.74, 6) is -1.53. The number of hydrogen-bond donors (Lipinski definition) is 5. The van der Waals surface area contributed by atoms with Crippen molar-refractivity contribution < 1.29 is 19.5 Å². The highest BCUT2D eigenvalue weighted by Crippen LogP contribution is 2.22. The molecule has 2 amide bonds. The zero-order chi connectivity index (χ0) is 28.3. The fourth-order valence-electron chi connectivity index (χ4n) is 4.97. The second-order valence-electron chi connectivity index (χ2n) is 9.84. The molecule has 206 valence electrons. The van der Waals surface area contributed by atoms with Crippen LogP contribution in [0.1, 0.15) is 47.8 Å². The molecule has 2 aliphatic heterocycles. The highest BCUT2D eigenvalue weighted by molar-refractivity contribution is 6.01. The molecule has 2 fully saturated rings. The van der Waals surface area contributed by atoms with Crippen LogP contribution in [0.15, 0.2) is 36.4 Å². The summed E-state index contributed by atoms with van der Waals surface area (Å²) >= 11 is 0. The van der Waals surface area contributed by atoms with Crippen LogP contribution in [0.3, 0.4) is 0 Å². The molecule has 12 nitrogen and oxygen atoms in total. The van der Waals surface area contributed by atoms with Gasteiger partial charge < -0.3 is 31.3 Å². The molecular formula is C27H34N8O4. The zero-order valence-electron chi connectivity index (χ0n) is 21.9. The maximum Gasteiger partial charge on any atom is 0.335 e. The third-order valence-corrected chi connectivity index (χ3v) is 7.34. The van der Waals surface area contributed by atoms with Crippen molar-refractivity contribution in [2.45, 2.75) is 13.5 Å². The predicted molar refractivity (Wildman–Crippen MR) is 146 cm³/mol. The number of aromatic carboxylic acids is 1. The average molecular weight is 535 g/mol. The molecule has 2 aromatic carbocycles. The molecule has 0 bridgehead atoms. The lowest BCUT2D eigenvalue weighted by Crippen LogP contribution is -2.51. The summed E-state index contributed by atoms with van der Waals surface area (Å²) in [7, 11) is 0. The highest BCUT2D eigenvalue weighted by atomic mass is 16.4. The number of carboxylic acid groups (broad SMARTS) is 1. The summed E-state index contributed by atoms with van der Waals surface area (Å²) in [4.78, 5) is 45.8. The normalized spacial score (nSPS) is 16.2. The van der Waals surface area contributed by atoms with E-state index in [1.165, 1.54) is 0 Å². The second-order valence-corrected chi connectivity index (χ2v) is 9.84. The molecule has 2 aliphatic rings. The third kappa shape index (κ3) is 6.17. The van der Waals surface area contributed by atoms with Gasteiger partial charge in [0.1, 0.15) is 5.84 Å². The first kappa shape index (κ1) is 27.6. The number of hydrogen-bond acceptors (Lipinski definition) is 6. The quantitative estimate of drug-likeness (QED) is 0.263. The lowest BCUT2D eigenvalue weighted by atomic mass is 9.97. The van der Waals surface area contributed by atoms with Gasteiger partial charge in [0.05, 0.1) is 5.56 Å². The Morgan fingerprint density at radius 1 is 0.769 bits per heavy atom. The van der Waals surface area contributed by atoms with Gasteiger partial charge >= 0.3 is 5.97 Å². The molecule has 0 unspecified atom stereocenters. The van der Waals surface area contributed by atoms with E-state index >= 15 is 0 Å². The van der Waals surface area contributed by atoms with Crippen molar-refractivity contribution in [1.29, 1.82) is 10.8 Å². The van der Waals surface area contributed by atoms with Crippen LogP contribution in [0.4, 0.5) is 0 Å². The van der Waals surface area contributed by atoms with E-state index in [-0.39, 0.29) is 29.2 Å². The van der Waals surface area contributed by atoms with Crippen molar-refractivity contribution in [3.05, 3.63) is 69.8 Å². The van der Waals surface area contributed by atoms with Gasteiger partial charge in [-0.05, 0) is 42.3 Å². The average Bonchev–Trinajstić information content (AvgIpc) is 2.93. The van der Waals surface area contributed by atoms with E-state index in [1.807, 2.05) is 0 Å². The van der Waals surface area contributed by atoms with Gasteiger partial charge in [0.25, 0.3) is 11.8 Å². The molecule has 0 aromatic heterocycles. The van der Waals surface area contributed by atoms with Gasteiger partial charge in [0.15, 0.2) is 5.96 Å². The standard InChI is InChI=1S/C27H34N8O4/c1-17-21(14-18(15-22(17)26(38)39)16-32-6-8-35(9-7-32)27(30)31)25(37)34-12-10-33(11-13-34)24(36)20-4-2-19(3-5-20)23(28)29/h2-5,14-15H,6-13,16H2,1H3,(H3,28,29)(H3,30,31)(H,38,39). The number of nitrogen functional groups attached to an aromatic ring is 1. The van der Waals surface area contributed by atoms with E-state index in [9.17, 15) is 19.5 Å². The van der Waals surface area contributed by atoms with Gasteiger partial charge in [-0.15, -0.1) is 0 Å². The van der Waals surface area contributed by atoms with Crippen molar-refractivity contribution in [2.24, 2.45) is 11.5 Å². The Labute approximate surface area is 226 Å². The highest BCUT2D eigenvalue weighted by Gasteiger charge is 2.28. The van der Waals surface area contributed by atoms with Gasteiger partial charge in [0, 0.05) is 75.6 Å². The number of amides is 2. The predicted octanol–water partition coefficient (Wildman–Crippen LogP) is 0.587. The van der Waals surface area contributed by atoms with Crippen molar-refractivity contribution in [1.82, 2.24) is 19.6 Å². The SMILES string of the molecule is Cc1c(C(=O)O)cc(CN2CCN(C(=N)N)CC2)cc1C(=O)N1CCN(C(=O)c2ccc(C(=N)N)cc2)CC1. The Balaban J connectivity index is 1.44. The maximum absolute atomic E-state index is 13.5. The van der Waals surface area contributed by atoms with Crippen molar-refractivity contribution in [3.63, 3.8) is 0 Å². The number of nitrogens with two attached hydrogens (primary N) is 2. The van der Waals surface area contributed by atoms with Crippen LogP contribution in [0.25, 0.3) is 0 Å². The van der Waals surface area contributed by atoms with E-state index in [1.54, 1.807) is 58.0 Å². The van der Waals surface area contributed by atoms with Gasteiger partial charge in [-0.1, -0.05) is 12.1 Å². The van der Waals surface area contributed by atoms with E-state index in [2.05, 4.69) is 4.90 Å². The largest absolute Gasteiger partial charge is 0.478 e. The van der Waals surface area contributed by atoms with Crippen molar-refractivity contribution in [2.75, 3.05) is 52.4 Å². The lowest BCUT2D eigenvalue weighted by Gasteiger charge is -2.36. The molecule has 12 heteroatoms. The summed E-state index contributed by atoms with van der Waals surface area (Å²) < 4.78 is 0. The van der Waals surface area contributed by atoms with E-state index in [0.29, 0.717) is 81.2 Å². The number of nitrogens with zero attached hydrogens (tertiary/aromatic N) is 4. The molecule has 2 saturated heterocycles. The zero-order valence-corrected chi connectivity index (χ0v) is 21.9. The Morgan fingerprint density at radius 2 is 1.26 bits per heavy atom. The molecule has 0 saturated carbocycles. The minimum Gasteiger partial charge on any atom is -0.478 e. The second kappa shape index (κ2) is 11.5. The Morgan fingerprint density at radius 3 is 1.77 bits per heavy atom. The van der Waals surface area contributed by atoms with Crippen LogP contribution in [0.2, 0.25) is 0 Å². The summed E-state index contributed by atoms with van der Waals surface area (Å²) in [6.45, 7) is 6.07. The number of piperazine rings is 2. The Kier molecular flexibility index (Phi) is 8.15. The minimum absolute atomic E-state index is 0.0405. The topological polar surface area (TPSA) is 184 Å². The minimum atomic E-state index is -1.09. The summed E-state index contributed by atoms with van der Waals surface area (Å²) in [5.41, 5.74) is 13.7. The van der Waals surface area contributed by atoms with Crippen LogP contribution in [-0.2, 0) is 6.54 Å². The van der Waals surface area contributed by atoms with Crippen LogP contribution in [-0.4, -0.2) is 107 Å². The van der Waals surface area contributed by atoms with Gasteiger partial charge in [-0.25, -0.2) is 4.79 Å². The molecule has 0 aliphatic carbocycles. The molecule has 4 rings (SSSR count).